The summed E-state index contributed by atoms with van der Waals surface area (Å²) >= 11 is 1.88. The lowest BCUT2D eigenvalue weighted by Gasteiger charge is -2.27. The lowest BCUT2D eigenvalue weighted by atomic mass is 10.0. The van der Waals surface area contributed by atoms with Crippen LogP contribution in [-0.4, -0.2) is 60.5 Å². The molecule has 2 rings (SSSR count). The summed E-state index contributed by atoms with van der Waals surface area (Å²) in [6, 6.07) is 0. The topological polar surface area (TPSA) is 32.7 Å². The summed E-state index contributed by atoms with van der Waals surface area (Å²) in [5, 5.41) is 9.65. The second kappa shape index (κ2) is 5.35. The Balaban J connectivity index is 1.65. The monoisotopic (exact) mass is 217 g/mol. The number of thioether (sulfide) groups is 1. The SMILES string of the molecule is OC1CSCC1CCN1CCOCC1. The number of rotatable bonds is 3. The highest BCUT2D eigenvalue weighted by molar-refractivity contribution is 7.99. The van der Waals surface area contributed by atoms with E-state index in [1.54, 1.807) is 0 Å². The molecule has 0 aromatic carbocycles. The van der Waals surface area contributed by atoms with E-state index in [-0.39, 0.29) is 6.10 Å². The molecule has 3 nitrogen and oxygen atoms in total. The summed E-state index contributed by atoms with van der Waals surface area (Å²) in [6.07, 6.45) is 1.09. The number of aliphatic hydroxyl groups excluding tert-OH is 1. The van der Waals surface area contributed by atoms with Gasteiger partial charge in [0.05, 0.1) is 19.3 Å². The molecule has 14 heavy (non-hydrogen) atoms. The fraction of sp³-hybridized carbons (Fsp3) is 1.00. The third-order valence-electron chi connectivity index (χ3n) is 3.08. The molecule has 0 amide bonds. The first-order chi connectivity index (χ1) is 6.86. The van der Waals surface area contributed by atoms with E-state index in [0.29, 0.717) is 5.92 Å². The van der Waals surface area contributed by atoms with Gasteiger partial charge in [0.1, 0.15) is 0 Å². The molecule has 0 aliphatic carbocycles. The van der Waals surface area contributed by atoms with Gasteiger partial charge in [0.2, 0.25) is 0 Å². The highest BCUT2D eigenvalue weighted by atomic mass is 32.2. The highest BCUT2D eigenvalue weighted by Crippen LogP contribution is 2.26. The van der Waals surface area contributed by atoms with Crippen molar-refractivity contribution in [2.45, 2.75) is 12.5 Å². The van der Waals surface area contributed by atoms with Crippen LogP contribution in [0.5, 0.6) is 0 Å². The Morgan fingerprint density at radius 3 is 2.71 bits per heavy atom. The number of hydrogen-bond acceptors (Lipinski definition) is 4. The number of aliphatic hydroxyl groups is 1. The van der Waals surface area contributed by atoms with Gasteiger partial charge in [0.15, 0.2) is 0 Å². The highest BCUT2D eigenvalue weighted by Gasteiger charge is 2.26. The number of hydrogen-bond donors (Lipinski definition) is 1. The molecule has 0 spiro atoms. The van der Waals surface area contributed by atoms with E-state index in [1.807, 2.05) is 11.8 Å². The summed E-state index contributed by atoms with van der Waals surface area (Å²) in [5.74, 6) is 2.61. The maximum atomic E-state index is 9.65. The van der Waals surface area contributed by atoms with Crippen LogP contribution in [0.25, 0.3) is 0 Å². The molecular formula is C10H19NO2S. The Morgan fingerprint density at radius 2 is 2.07 bits per heavy atom. The molecule has 4 heteroatoms. The van der Waals surface area contributed by atoms with Gasteiger partial charge in [-0.05, 0) is 24.6 Å². The predicted octanol–water partition coefficient (Wildman–Crippen LogP) is 0.433. The van der Waals surface area contributed by atoms with E-state index in [9.17, 15) is 5.11 Å². The zero-order valence-electron chi connectivity index (χ0n) is 8.52. The van der Waals surface area contributed by atoms with Gasteiger partial charge in [-0.2, -0.15) is 11.8 Å². The summed E-state index contributed by atoms with van der Waals surface area (Å²) in [6.45, 7) is 5.02. The second-order valence-corrected chi connectivity index (χ2v) is 5.18. The van der Waals surface area contributed by atoms with Crippen molar-refractivity contribution in [3.63, 3.8) is 0 Å². The van der Waals surface area contributed by atoms with Crippen molar-refractivity contribution in [3.8, 4) is 0 Å². The molecule has 0 aromatic heterocycles. The molecule has 0 bridgehead atoms. The van der Waals surface area contributed by atoms with Gasteiger partial charge in [0.25, 0.3) is 0 Å². The summed E-state index contributed by atoms with van der Waals surface area (Å²) < 4.78 is 5.30. The molecule has 0 radical (unpaired) electrons. The largest absolute Gasteiger partial charge is 0.392 e. The molecular weight excluding hydrogens is 198 g/mol. The number of morpholine rings is 1. The quantitative estimate of drug-likeness (QED) is 0.743. The molecule has 0 saturated carbocycles. The Bertz CT molecular complexity index is 174. The van der Waals surface area contributed by atoms with Crippen molar-refractivity contribution in [1.82, 2.24) is 4.90 Å². The predicted molar refractivity (Wildman–Crippen MR) is 58.7 cm³/mol. The van der Waals surface area contributed by atoms with Gasteiger partial charge < -0.3 is 9.84 Å². The number of nitrogens with zero attached hydrogens (tertiary/aromatic N) is 1. The Kier molecular flexibility index (Phi) is 4.10. The van der Waals surface area contributed by atoms with Crippen molar-refractivity contribution in [2.24, 2.45) is 5.92 Å². The molecule has 1 N–H and O–H groups in total. The molecule has 2 unspecified atom stereocenters. The van der Waals surface area contributed by atoms with E-state index >= 15 is 0 Å². The van der Waals surface area contributed by atoms with E-state index in [1.165, 1.54) is 0 Å². The van der Waals surface area contributed by atoms with Crippen molar-refractivity contribution < 1.29 is 9.84 Å². The molecule has 2 atom stereocenters. The van der Waals surface area contributed by atoms with Gasteiger partial charge in [-0.15, -0.1) is 0 Å². The molecule has 2 fully saturated rings. The zero-order chi connectivity index (χ0) is 9.80. The number of ether oxygens (including phenoxy) is 1. The first-order valence-corrected chi connectivity index (χ1v) is 6.57. The zero-order valence-corrected chi connectivity index (χ0v) is 9.34. The Hall–Kier alpha value is 0.230. The van der Waals surface area contributed by atoms with Gasteiger partial charge >= 0.3 is 0 Å². The average Bonchev–Trinajstić information content (AvgIpc) is 2.63. The molecule has 2 aliphatic rings. The Morgan fingerprint density at radius 1 is 1.29 bits per heavy atom. The van der Waals surface area contributed by atoms with Crippen LogP contribution in [0, 0.1) is 5.92 Å². The lowest BCUT2D eigenvalue weighted by molar-refractivity contribution is 0.0324. The minimum absolute atomic E-state index is 0.0546. The molecule has 2 heterocycles. The van der Waals surface area contributed by atoms with Crippen LogP contribution in [0.4, 0.5) is 0 Å². The fourth-order valence-corrected chi connectivity index (χ4v) is 3.38. The van der Waals surface area contributed by atoms with Gasteiger partial charge in [-0.25, -0.2) is 0 Å². The third-order valence-corrected chi connectivity index (χ3v) is 4.33. The van der Waals surface area contributed by atoms with Crippen LogP contribution in [-0.2, 0) is 4.74 Å². The van der Waals surface area contributed by atoms with Crippen molar-refractivity contribution >= 4 is 11.8 Å². The van der Waals surface area contributed by atoms with Crippen LogP contribution in [0.15, 0.2) is 0 Å². The summed E-state index contributed by atoms with van der Waals surface area (Å²) in [7, 11) is 0. The fourth-order valence-electron chi connectivity index (χ4n) is 2.04. The first kappa shape index (κ1) is 10.7. The lowest BCUT2D eigenvalue weighted by Crippen LogP contribution is -2.38. The van der Waals surface area contributed by atoms with Crippen molar-refractivity contribution in [3.05, 3.63) is 0 Å². The smallest absolute Gasteiger partial charge is 0.0667 e. The minimum atomic E-state index is -0.0546. The first-order valence-electron chi connectivity index (χ1n) is 5.42. The normalized spacial score (nSPS) is 34.9. The Labute approximate surface area is 89.8 Å². The standard InChI is InChI=1S/C10H19NO2S/c12-10-8-14-7-9(10)1-2-11-3-5-13-6-4-11/h9-10,12H,1-8H2. The van der Waals surface area contributed by atoms with Crippen LogP contribution in [0.1, 0.15) is 6.42 Å². The van der Waals surface area contributed by atoms with Gasteiger partial charge in [-0.1, -0.05) is 0 Å². The third kappa shape index (κ3) is 2.86. The summed E-state index contributed by atoms with van der Waals surface area (Å²) in [5.41, 5.74) is 0. The molecule has 2 aliphatic heterocycles. The maximum Gasteiger partial charge on any atom is 0.0667 e. The van der Waals surface area contributed by atoms with E-state index in [0.717, 1.165) is 50.8 Å². The maximum absolute atomic E-state index is 9.65. The molecule has 82 valence electrons. The van der Waals surface area contributed by atoms with Crippen molar-refractivity contribution in [1.29, 1.82) is 0 Å². The minimum Gasteiger partial charge on any atom is -0.392 e. The van der Waals surface area contributed by atoms with Gasteiger partial charge in [-0.3, -0.25) is 4.90 Å². The van der Waals surface area contributed by atoms with E-state index in [2.05, 4.69) is 4.90 Å². The van der Waals surface area contributed by atoms with Gasteiger partial charge in [0, 0.05) is 18.8 Å². The van der Waals surface area contributed by atoms with Crippen molar-refractivity contribution in [2.75, 3.05) is 44.4 Å². The van der Waals surface area contributed by atoms with Crippen LogP contribution in [0.3, 0.4) is 0 Å². The van der Waals surface area contributed by atoms with Crippen LogP contribution < -0.4 is 0 Å². The van der Waals surface area contributed by atoms with E-state index < -0.39 is 0 Å². The average molecular weight is 217 g/mol. The molecule has 2 saturated heterocycles. The summed E-state index contributed by atoms with van der Waals surface area (Å²) in [4.78, 5) is 2.44. The molecule has 0 aromatic rings. The van der Waals surface area contributed by atoms with Crippen LogP contribution in [0.2, 0.25) is 0 Å². The second-order valence-electron chi connectivity index (χ2n) is 4.11. The van der Waals surface area contributed by atoms with E-state index in [4.69, 9.17) is 4.74 Å². The van der Waals surface area contributed by atoms with Crippen LogP contribution >= 0.6 is 11.8 Å².